The first-order chi connectivity index (χ1) is 14.2. The summed E-state index contributed by atoms with van der Waals surface area (Å²) in [5.41, 5.74) is 4.22. The molecule has 2 N–H and O–H groups in total. The van der Waals surface area contributed by atoms with Crippen molar-refractivity contribution in [2.75, 3.05) is 12.4 Å². The molecule has 1 aliphatic carbocycles. The molecular weight excluding hydrogens is 384 g/mol. The number of hydrogen-bond acceptors (Lipinski definition) is 6. The van der Waals surface area contributed by atoms with Crippen LogP contribution in [0.3, 0.4) is 0 Å². The molecule has 2 heterocycles. The first kappa shape index (κ1) is 18.4. The number of methoxy groups -OCH3 is 1. The number of ether oxygens (including phenoxy) is 1. The smallest absolute Gasteiger partial charge is 0.184 e. The quantitative estimate of drug-likeness (QED) is 0.511. The van der Waals surface area contributed by atoms with Gasteiger partial charge in [0.1, 0.15) is 5.75 Å². The maximum Gasteiger partial charge on any atom is 0.184 e. The van der Waals surface area contributed by atoms with E-state index in [1.54, 1.807) is 18.4 Å². The minimum absolute atomic E-state index is 0.109. The SMILES string of the molecule is COc1ccc2c(c1)ncn2Cc1ccc2nc(N[C@@H]3CCCC[C@H]3O)sc2c1. The number of nitrogens with zero attached hydrogens (tertiary/aromatic N) is 3. The Morgan fingerprint density at radius 1 is 1.17 bits per heavy atom. The van der Waals surface area contributed by atoms with Gasteiger partial charge in [-0.15, -0.1) is 0 Å². The zero-order valence-corrected chi connectivity index (χ0v) is 17.2. The van der Waals surface area contributed by atoms with E-state index in [2.05, 4.69) is 33.1 Å². The van der Waals surface area contributed by atoms with Crippen molar-refractivity contribution in [2.24, 2.45) is 0 Å². The molecule has 0 radical (unpaired) electrons. The molecule has 0 aliphatic heterocycles. The van der Waals surface area contributed by atoms with Crippen LogP contribution in [0.4, 0.5) is 5.13 Å². The molecule has 1 fully saturated rings. The summed E-state index contributed by atoms with van der Waals surface area (Å²) in [6.45, 7) is 0.751. The van der Waals surface area contributed by atoms with Gasteiger partial charge in [0, 0.05) is 12.6 Å². The van der Waals surface area contributed by atoms with Crippen LogP contribution in [-0.4, -0.2) is 38.9 Å². The van der Waals surface area contributed by atoms with E-state index in [1.807, 2.05) is 24.5 Å². The highest BCUT2D eigenvalue weighted by molar-refractivity contribution is 7.22. The maximum atomic E-state index is 10.2. The molecule has 0 unspecified atom stereocenters. The standard InChI is InChI=1S/C22H24N4O2S/c1-28-15-7-9-19-18(11-15)23-13-26(19)12-14-6-8-17-21(10-14)29-22(25-17)24-16-4-2-3-5-20(16)27/h6-11,13,16,20,27H,2-5,12H2,1H3,(H,24,25)/t16-,20-/m1/s1. The second kappa shape index (κ2) is 7.65. The third-order valence-corrected chi connectivity index (χ3v) is 6.62. The molecule has 6 nitrogen and oxygen atoms in total. The number of imidazole rings is 1. The van der Waals surface area contributed by atoms with Crippen LogP contribution in [0.5, 0.6) is 5.75 Å². The number of rotatable bonds is 5. The van der Waals surface area contributed by atoms with Crippen molar-refractivity contribution in [1.29, 1.82) is 0 Å². The van der Waals surface area contributed by atoms with E-state index >= 15 is 0 Å². The van der Waals surface area contributed by atoms with Gasteiger partial charge in [-0.3, -0.25) is 0 Å². The van der Waals surface area contributed by atoms with Gasteiger partial charge in [-0.05, 0) is 42.7 Å². The minimum atomic E-state index is -0.278. The summed E-state index contributed by atoms with van der Waals surface area (Å²) in [7, 11) is 1.67. The molecule has 5 rings (SSSR count). The molecule has 0 bridgehead atoms. The van der Waals surface area contributed by atoms with E-state index in [9.17, 15) is 5.11 Å². The molecule has 7 heteroatoms. The molecule has 2 aromatic carbocycles. The van der Waals surface area contributed by atoms with Gasteiger partial charge in [0.05, 0.1) is 46.8 Å². The third kappa shape index (κ3) is 3.68. The highest BCUT2D eigenvalue weighted by Crippen LogP contribution is 2.30. The Labute approximate surface area is 173 Å². The third-order valence-electron chi connectivity index (χ3n) is 5.67. The highest BCUT2D eigenvalue weighted by atomic mass is 32.1. The Hall–Kier alpha value is -2.64. The topological polar surface area (TPSA) is 72.2 Å². The van der Waals surface area contributed by atoms with E-state index in [1.165, 1.54) is 5.56 Å². The predicted octanol–water partition coefficient (Wildman–Crippen LogP) is 4.42. The molecular formula is C22H24N4O2S. The first-order valence-corrected chi connectivity index (χ1v) is 10.8. The van der Waals surface area contributed by atoms with E-state index in [0.717, 1.165) is 64.4 Å². The van der Waals surface area contributed by atoms with Crippen molar-refractivity contribution in [3.05, 3.63) is 48.3 Å². The van der Waals surface area contributed by atoms with E-state index in [4.69, 9.17) is 9.72 Å². The number of nitrogens with one attached hydrogen (secondary N) is 1. The summed E-state index contributed by atoms with van der Waals surface area (Å²) in [5, 5.41) is 14.6. The first-order valence-electron chi connectivity index (χ1n) is 10.0. The highest BCUT2D eigenvalue weighted by Gasteiger charge is 2.23. The summed E-state index contributed by atoms with van der Waals surface area (Å²) >= 11 is 1.65. The fraction of sp³-hybridized carbons (Fsp3) is 0.364. The van der Waals surface area contributed by atoms with Crippen LogP contribution >= 0.6 is 11.3 Å². The molecule has 29 heavy (non-hydrogen) atoms. The van der Waals surface area contributed by atoms with Crippen LogP contribution in [-0.2, 0) is 6.54 Å². The fourth-order valence-corrected chi connectivity index (χ4v) is 5.05. The van der Waals surface area contributed by atoms with Crippen LogP contribution in [0, 0.1) is 0 Å². The normalized spacial score (nSPS) is 19.7. The van der Waals surface area contributed by atoms with Crippen LogP contribution < -0.4 is 10.1 Å². The number of aromatic nitrogens is 3. The summed E-state index contributed by atoms with van der Waals surface area (Å²) in [6.07, 6.45) is 5.74. The zero-order chi connectivity index (χ0) is 19.8. The van der Waals surface area contributed by atoms with Crippen molar-refractivity contribution < 1.29 is 9.84 Å². The number of fused-ring (bicyclic) bond motifs is 2. The lowest BCUT2D eigenvalue weighted by atomic mass is 9.93. The van der Waals surface area contributed by atoms with Crippen molar-refractivity contribution in [3.63, 3.8) is 0 Å². The van der Waals surface area contributed by atoms with Crippen molar-refractivity contribution in [3.8, 4) is 5.75 Å². The number of aliphatic hydroxyl groups excluding tert-OH is 1. The Balaban J connectivity index is 1.37. The van der Waals surface area contributed by atoms with Gasteiger partial charge >= 0.3 is 0 Å². The van der Waals surface area contributed by atoms with Gasteiger partial charge in [0.25, 0.3) is 0 Å². The average Bonchev–Trinajstić information content (AvgIpc) is 3.32. The van der Waals surface area contributed by atoms with Crippen molar-refractivity contribution in [2.45, 2.75) is 44.4 Å². The number of hydrogen-bond donors (Lipinski definition) is 2. The lowest BCUT2D eigenvalue weighted by molar-refractivity contribution is 0.116. The second-order valence-electron chi connectivity index (χ2n) is 7.65. The molecule has 4 aromatic rings. The van der Waals surface area contributed by atoms with Gasteiger partial charge in [-0.25, -0.2) is 9.97 Å². The van der Waals surface area contributed by atoms with Gasteiger partial charge < -0.3 is 19.7 Å². The summed E-state index contributed by atoms with van der Waals surface area (Å²) in [5.74, 6) is 0.817. The summed E-state index contributed by atoms with van der Waals surface area (Å²) in [6, 6.07) is 12.5. The molecule has 2 aromatic heterocycles. The number of thiazole rings is 1. The van der Waals surface area contributed by atoms with Crippen LogP contribution in [0.15, 0.2) is 42.7 Å². The van der Waals surface area contributed by atoms with Gasteiger partial charge in [-0.1, -0.05) is 30.2 Å². The van der Waals surface area contributed by atoms with Gasteiger partial charge in [-0.2, -0.15) is 0 Å². The summed E-state index contributed by atoms with van der Waals surface area (Å²) in [4.78, 5) is 9.21. The van der Waals surface area contributed by atoms with Crippen LogP contribution in [0.1, 0.15) is 31.2 Å². The Morgan fingerprint density at radius 3 is 2.93 bits per heavy atom. The minimum Gasteiger partial charge on any atom is -0.497 e. The fourth-order valence-electron chi connectivity index (χ4n) is 4.06. The molecule has 1 aliphatic rings. The molecule has 0 saturated heterocycles. The lowest BCUT2D eigenvalue weighted by Gasteiger charge is -2.27. The molecule has 0 spiro atoms. The maximum absolute atomic E-state index is 10.2. The van der Waals surface area contributed by atoms with Crippen LogP contribution in [0.2, 0.25) is 0 Å². The Bertz CT molecular complexity index is 1150. The largest absolute Gasteiger partial charge is 0.497 e. The number of anilines is 1. The van der Waals surface area contributed by atoms with Gasteiger partial charge in [0.15, 0.2) is 5.13 Å². The van der Waals surface area contributed by atoms with Crippen LogP contribution in [0.25, 0.3) is 21.3 Å². The second-order valence-corrected chi connectivity index (χ2v) is 8.68. The Morgan fingerprint density at radius 2 is 2.07 bits per heavy atom. The molecule has 0 amide bonds. The van der Waals surface area contributed by atoms with E-state index in [0.29, 0.717) is 0 Å². The van der Waals surface area contributed by atoms with E-state index in [-0.39, 0.29) is 12.1 Å². The number of aliphatic hydroxyl groups is 1. The number of benzene rings is 2. The monoisotopic (exact) mass is 408 g/mol. The predicted molar refractivity (Wildman–Crippen MR) is 117 cm³/mol. The Kier molecular flexibility index (Phi) is 4.85. The molecule has 2 atom stereocenters. The zero-order valence-electron chi connectivity index (χ0n) is 16.3. The lowest BCUT2D eigenvalue weighted by Crippen LogP contribution is -2.36. The molecule has 150 valence electrons. The summed E-state index contributed by atoms with van der Waals surface area (Å²) < 4.78 is 8.59. The molecule has 1 saturated carbocycles. The van der Waals surface area contributed by atoms with Gasteiger partial charge in [0.2, 0.25) is 0 Å². The van der Waals surface area contributed by atoms with E-state index < -0.39 is 0 Å². The average molecular weight is 409 g/mol. The van der Waals surface area contributed by atoms with Crippen molar-refractivity contribution in [1.82, 2.24) is 14.5 Å². The van der Waals surface area contributed by atoms with Crippen molar-refractivity contribution >= 4 is 37.7 Å².